The number of carboxylic acid groups (broad SMARTS) is 1. The van der Waals surface area contributed by atoms with E-state index in [1.807, 2.05) is 23.1 Å². The van der Waals surface area contributed by atoms with Gasteiger partial charge in [-0.05, 0) is 24.6 Å². The van der Waals surface area contributed by atoms with Gasteiger partial charge in [0.15, 0.2) is 11.5 Å². The van der Waals surface area contributed by atoms with Crippen molar-refractivity contribution in [2.45, 2.75) is 20.4 Å². The van der Waals surface area contributed by atoms with Gasteiger partial charge in [0.1, 0.15) is 5.78 Å². The maximum atomic E-state index is 11.3. The molecule has 21 heavy (non-hydrogen) atoms. The van der Waals surface area contributed by atoms with Crippen LogP contribution in [-0.4, -0.2) is 41.6 Å². The summed E-state index contributed by atoms with van der Waals surface area (Å²) in [4.78, 5) is 24.2. The zero-order chi connectivity index (χ0) is 15.4. The Kier molecular flexibility index (Phi) is 4.80. The molecule has 1 N–H and O–H groups in total. The molecule has 2 rings (SSSR count). The first-order valence-electron chi connectivity index (χ1n) is 6.79. The number of benzene rings is 1. The van der Waals surface area contributed by atoms with E-state index in [0.717, 1.165) is 5.56 Å². The number of aliphatic carboxylic acids is 1. The molecule has 0 fully saturated rings. The summed E-state index contributed by atoms with van der Waals surface area (Å²) in [6, 6.07) is 5.58. The van der Waals surface area contributed by atoms with E-state index in [-0.39, 0.29) is 19.1 Å². The van der Waals surface area contributed by atoms with Crippen molar-refractivity contribution in [2.24, 2.45) is 5.92 Å². The SMILES string of the molecule is CC(=O)CN(Cc1ccc2c(c1)OCO2)CC(C)C(=O)O. The van der Waals surface area contributed by atoms with Crippen molar-refractivity contribution in [1.29, 1.82) is 0 Å². The number of nitrogens with zero attached hydrogens (tertiary/aromatic N) is 1. The minimum atomic E-state index is -0.866. The molecule has 1 unspecified atom stereocenters. The topological polar surface area (TPSA) is 76.1 Å². The number of carboxylic acids is 1. The average molecular weight is 293 g/mol. The van der Waals surface area contributed by atoms with Crippen LogP contribution in [0.15, 0.2) is 18.2 Å². The molecule has 114 valence electrons. The molecule has 1 aromatic rings. The second-order valence-corrected chi connectivity index (χ2v) is 5.30. The monoisotopic (exact) mass is 293 g/mol. The van der Waals surface area contributed by atoms with E-state index in [2.05, 4.69) is 0 Å². The van der Waals surface area contributed by atoms with Crippen LogP contribution >= 0.6 is 0 Å². The predicted molar refractivity (Wildman–Crippen MR) is 75.3 cm³/mol. The number of Topliss-reactive ketones (excluding diaryl/α,β-unsaturated/α-hetero) is 1. The Bertz CT molecular complexity index is 543. The zero-order valence-electron chi connectivity index (χ0n) is 12.2. The Labute approximate surface area is 123 Å². The van der Waals surface area contributed by atoms with Gasteiger partial charge in [-0.2, -0.15) is 0 Å². The molecule has 1 aromatic carbocycles. The Morgan fingerprint density at radius 3 is 2.71 bits per heavy atom. The normalized spacial score (nSPS) is 14.2. The van der Waals surface area contributed by atoms with Gasteiger partial charge < -0.3 is 14.6 Å². The lowest BCUT2D eigenvalue weighted by molar-refractivity contribution is -0.142. The minimum absolute atomic E-state index is 0.00771. The zero-order valence-corrected chi connectivity index (χ0v) is 12.2. The van der Waals surface area contributed by atoms with E-state index in [4.69, 9.17) is 14.6 Å². The first kappa shape index (κ1) is 15.3. The molecule has 0 aromatic heterocycles. The van der Waals surface area contributed by atoms with Crippen LogP contribution in [0.2, 0.25) is 0 Å². The summed E-state index contributed by atoms with van der Waals surface area (Å²) in [6.45, 7) is 4.39. The van der Waals surface area contributed by atoms with E-state index >= 15 is 0 Å². The van der Waals surface area contributed by atoms with Crippen LogP contribution in [0.1, 0.15) is 19.4 Å². The highest BCUT2D eigenvalue weighted by atomic mass is 16.7. The Morgan fingerprint density at radius 2 is 2.05 bits per heavy atom. The summed E-state index contributed by atoms with van der Waals surface area (Å²) in [6.07, 6.45) is 0. The fourth-order valence-electron chi connectivity index (χ4n) is 2.26. The fourth-order valence-corrected chi connectivity index (χ4v) is 2.26. The van der Waals surface area contributed by atoms with E-state index in [1.165, 1.54) is 6.92 Å². The maximum Gasteiger partial charge on any atom is 0.307 e. The van der Waals surface area contributed by atoms with Gasteiger partial charge >= 0.3 is 5.97 Å². The first-order valence-corrected chi connectivity index (χ1v) is 6.79. The Balaban J connectivity index is 2.06. The van der Waals surface area contributed by atoms with E-state index in [0.29, 0.717) is 24.6 Å². The molecule has 0 saturated carbocycles. The van der Waals surface area contributed by atoms with Crippen molar-refractivity contribution in [3.05, 3.63) is 23.8 Å². The van der Waals surface area contributed by atoms with Crippen molar-refractivity contribution in [3.63, 3.8) is 0 Å². The van der Waals surface area contributed by atoms with Crippen LogP contribution in [0.4, 0.5) is 0 Å². The molecule has 6 nitrogen and oxygen atoms in total. The van der Waals surface area contributed by atoms with Crippen molar-refractivity contribution < 1.29 is 24.2 Å². The van der Waals surface area contributed by atoms with Crippen LogP contribution in [0.3, 0.4) is 0 Å². The van der Waals surface area contributed by atoms with Crippen LogP contribution in [0.5, 0.6) is 11.5 Å². The van der Waals surface area contributed by atoms with Crippen LogP contribution < -0.4 is 9.47 Å². The highest BCUT2D eigenvalue weighted by Gasteiger charge is 2.19. The lowest BCUT2D eigenvalue weighted by Crippen LogP contribution is -2.34. The standard InChI is InChI=1S/C15H19NO5/c1-10(15(18)19)6-16(7-11(2)17)8-12-3-4-13-14(5-12)21-9-20-13/h3-5,10H,6-9H2,1-2H3,(H,18,19). The van der Waals surface area contributed by atoms with Gasteiger partial charge in [-0.15, -0.1) is 0 Å². The molecular formula is C15H19NO5. The summed E-state index contributed by atoms with van der Waals surface area (Å²) >= 11 is 0. The number of carbonyl (C=O) groups is 2. The van der Waals surface area contributed by atoms with Crippen LogP contribution in [0.25, 0.3) is 0 Å². The second-order valence-electron chi connectivity index (χ2n) is 5.30. The largest absolute Gasteiger partial charge is 0.481 e. The number of ether oxygens (including phenoxy) is 2. The molecule has 1 heterocycles. The molecule has 1 aliphatic heterocycles. The lowest BCUT2D eigenvalue weighted by Gasteiger charge is -2.23. The third-order valence-corrected chi connectivity index (χ3v) is 3.24. The van der Waals surface area contributed by atoms with Gasteiger partial charge in [0.25, 0.3) is 0 Å². The number of hydrogen-bond donors (Lipinski definition) is 1. The van der Waals surface area contributed by atoms with Gasteiger partial charge in [-0.1, -0.05) is 13.0 Å². The van der Waals surface area contributed by atoms with E-state index < -0.39 is 11.9 Å². The van der Waals surface area contributed by atoms with Crippen molar-refractivity contribution >= 4 is 11.8 Å². The van der Waals surface area contributed by atoms with E-state index in [9.17, 15) is 9.59 Å². The van der Waals surface area contributed by atoms with Crippen LogP contribution in [0, 0.1) is 5.92 Å². The summed E-state index contributed by atoms with van der Waals surface area (Å²) in [7, 11) is 0. The van der Waals surface area contributed by atoms with Crippen molar-refractivity contribution in [2.75, 3.05) is 19.9 Å². The van der Waals surface area contributed by atoms with E-state index in [1.54, 1.807) is 6.92 Å². The first-order chi connectivity index (χ1) is 9.95. The summed E-state index contributed by atoms with van der Waals surface area (Å²) in [5, 5.41) is 9.01. The smallest absolute Gasteiger partial charge is 0.307 e. The quantitative estimate of drug-likeness (QED) is 0.821. The Morgan fingerprint density at radius 1 is 1.33 bits per heavy atom. The molecular weight excluding hydrogens is 274 g/mol. The number of carbonyl (C=O) groups excluding carboxylic acids is 1. The summed E-state index contributed by atoms with van der Waals surface area (Å²) in [5.74, 6) is -0.00161. The fraction of sp³-hybridized carbons (Fsp3) is 0.467. The number of ketones is 1. The molecule has 0 spiro atoms. The third kappa shape index (κ3) is 4.19. The van der Waals surface area contributed by atoms with Crippen molar-refractivity contribution in [1.82, 2.24) is 4.90 Å². The van der Waals surface area contributed by atoms with Crippen molar-refractivity contribution in [3.8, 4) is 11.5 Å². The summed E-state index contributed by atoms with van der Waals surface area (Å²) < 4.78 is 10.6. The summed E-state index contributed by atoms with van der Waals surface area (Å²) in [5.41, 5.74) is 0.957. The maximum absolute atomic E-state index is 11.3. The number of rotatable bonds is 7. The van der Waals surface area contributed by atoms with Gasteiger partial charge in [0.2, 0.25) is 6.79 Å². The predicted octanol–water partition coefficient (Wildman–Crippen LogP) is 1.53. The van der Waals surface area contributed by atoms with Gasteiger partial charge in [-0.25, -0.2) is 0 Å². The highest BCUT2D eigenvalue weighted by Crippen LogP contribution is 2.32. The molecule has 0 amide bonds. The van der Waals surface area contributed by atoms with Gasteiger partial charge in [-0.3, -0.25) is 14.5 Å². The molecule has 0 bridgehead atoms. The molecule has 1 aliphatic rings. The molecule has 0 aliphatic carbocycles. The average Bonchev–Trinajstić information content (AvgIpc) is 2.85. The number of fused-ring (bicyclic) bond motifs is 1. The van der Waals surface area contributed by atoms with Gasteiger partial charge in [0.05, 0.1) is 12.5 Å². The van der Waals surface area contributed by atoms with Gasteiger partial charge in [0, 0.05) is 13.1 Å². The minimum Gasteiger partial charge on any atom is -0.481 e. The molecule has 1 atom stereocenters. The highest BCUT2D eigenvalue weighted by molar-refractivity contribution is 5.77. The van der Waals surface area contributed by atoms with Crippen LogP contribution in [-0.2, 0) is 16.1 Å². The number of hydrogen-bond acceptors (Lipinski definition) is 5. The molecule has 6 heteroatoms. The molecule has 0 radical (unpaired) electrons. The second kappa shape index (κ2) is 6.58. The molecule has 0 saturated heterocycles. The lowest BCUT2D eigenvalue weighted by atomic mass is 10.1. The third-order valence-electron chi connectivity index (χ3n) is 3.24. The Hall–Kier alpha value is -2.08.